The molecule has 0 N–H and O–H groups in total. The Hall–Kier alpha value is -3.51. The Morgan fingerprint density at radius 2 is 1.48 bits per heavy atom. The molecular formula is C25H23FN4O. The molecule has 6 heteroatoms. The maximum atomic E-state index is 13.3. The molecule has 2 aliphatic heterocycles. The smallest absolute Gasteiger partial charge is 0.278 e. The van der Waals surface area contributed by atoms with Gasteiger partial charge in [0.15, 0.2) is 0 Å². The topological polar surface area (TPSA) is 39.2 Å². The third-order valence-corrected chi connectivity index (χ3v) is 5.80. The van der Waals surface area contributed by atoms with Gasteiger partial charge in [0.2, 0.25) is 0 Å². The zero-order chi connectivity index (χ0) is 21.2. The van der Waals surface area contributed by atoms with E-state index in [0.717, 1.165) is 48.8 Å². The van der Waals surface area contributed by atoms with Crippen LogP contribution in [0, 0.1) is 5.82 Å². The summed E-state index contributed by atoms with van der Waals surface area (Å²) >= 11 is 0. The maximum absolute atomic E-state index is 13.3. The number of fused-ring (bicyclic) bond motifs is 1. The summed E-state index contributed by atoms with van der Waals surface area (Å²) in [6.07, 6.45) is 0. The number of carbonyl (C=O) groups excluding carboxylic acids is 1. The Bertz CT molecular complexity index is 1110. The van der Waals surface area contributed by atoms with Crippen LogP contribution in [-0.4, -0.2) is 49.4 Å². The van der Waals surface area contributed by atoms with E-state index in [1.807, 2.05) is 71.6 Å². The van der Waals surface area contributed by atoms with E-state index in [-0.39, 0.29) is 11.7 Å². The van der Waals surface area contributed by atoms with Gasteiger partial charge in [0, 0.05) is 37.4 Å². The van der Waals surface area contributed by atoms with Gasteiger partial charge >= 0.3 is 0 Å². The monoisotopic (exact) mass is 414 g/mol. The Kier molecular flexibility index (Phi) is 5.22. The van der Waals surface area contributed by atoms with Crippen molar-refractivity contribution in [3.8, 4) is 0 Å². The summed E-state index contributed by atoms with van der Waals surface area (Å²) in [5.74, 6) is -0.285. The summed E-state index contributed by atoms with van der Waals surface area (Å²) in [6.45, 7) is 3.85. The van der Waals surface area contributed by atoms with Crippen molar-refractivity contribution in [2.45, 2.75) is 0 Å². The zero-order valence-corrected chi connectivity index (χ0v) is 17.1. The highest BCUT2D eigenvalue weighted by molar-refractivity contribution is 6.54. The molecule has 1 amide bonds. The lowest BCUT2D eigenvalue weighted by atomic mass is 10.1. The molecule has 0 spiro atoms. The number of amides is 1. The number of para-hydroxylation sites is 2. The summed E-state index contributed by atoms with van der Waals surface area (Å²) in [4.78, 5) is 24.3. The van der Waals surface area contributed by atoms with Crippen molar-refractivity contribution in [1.82, 2.24) is 4.90 Å². The van der Waals surface area contributed by atoms with Gasteiger partial charge in [0.05, 0.1) is 18.0 Å². The van der Waals surface area contributed by atoms with Crippen molar-refractivity contribution < 1.29 is 9.18 Å². The lowest BCUT2D eigenvalue weighted by Gasteiger charge is -2.37. The predicted octanol–water partition coefficient (Wildman–Crippen LogP) is 4.07. The SMILES string of the molecule is O=C1C(=Nc2ccccc2)c2ccccc2N1CN1CCN(c2ccc(F)cc2)CC1. The number of rotatable bonds is 4. The molecule has 5 rings (SSSR count). The molecule has 0 radical (unpaired) electrons. The van der Waals surface area contributed by atoms with Gasteiger partial charge < -0.3 is 4.90 Å². The fourth-order valence-corrected chi connectivity index (χ4v) is 4.14. The molecular weight excluding hydrogens is 391 g/mol. The minimum atomic E-state index is -0.221. The molecule has 0 aromatic heterocycles. The number of hydrogen-bond acceptors (Lipinski definition) is 4. The number of aliphatic imine (C=N–C) groups is 1. The van der Waals surface area contributed by atoms with Gasteiger partial charge in [-0.2, -0.15) is 0 Å². The second kappa shape index (κ2) is 8.32. The Morgan fingerprint density at radius 3 is 2.23 bits per heavy atom. The molecule has 31 heavy (non-hydrogen) atoms. The van der Waals surface area contributed by atoms with Crippen LogP contribution in [-0.2, 0) is 4.79 Å². The van der Waals surface area contributed by atoms with Crippen molar-refractivity contribution in [2.24, 2.45) is 4.99 Å². The number of halogens is 1. The van der Waals surface area contributed by atoms with Crippen molar-refractivity contribution >= 4 is 28.7 Å². The Balaban J connectivity index is 1.31. The molecule has 2 heterocycles. The second-order valence-electron chi connectivity index (χ2n) is 7.77. The van der Waals surface area contributed by atoms with Crippen LogP contribution in [0.15, 0.2) is 83.9 Å². The molecule has 0 bridgehead atoms. The van der Waals surface area contributed by atoms with Crippen LogP contribution in [0.1, 0.15) is 5.56 Å². The molecule has 0 saturated carbocycles. The molecule has 5 nitrogen and oxygen atoms in total. The van der Waals surface area contributed by atoms with Gasteiger partial charge in [-0.15, -0.1) is 0 Å². The second-order valence-corrected chi connectivity index (χ2v) is 7.77. The van der Waals surface area contributed by atoms with Gasteiger partial charge in [-0.3, -0.25) is 14.6 Å². The Morgan fingerprint density at radius 1 is 0.806 bits per heavy atom. The molecule has 3 aromatic carbocycles. The number of nitrogens with zero attached hydrogens (tertiary/aromatic N) is 4. The van der Waals surface area contributed by atoms with E-state index in [1.165, 1.54) is 12.1 Å². The molecule has 0 unspecified atom stereocenters. The first kappa shape index (κ1) is 19.5. The summed E-state index contributed by atoms with van der Waals surface area (Å²) < 4.78 is 13.2. The van der Waals surface area contributed by atoms with Crippen LogP contribution in [0.3, 0.4) is 0 Å². The molecule has 0 aliphatic carbocycles. The first-order valence-corrected chi connectivity index (χ1v) is 10.5. The van der Waals surface area contributed by atoms with Crippen LogP contribution in [0.5, 0.6) is 0 Å². The van der Waals surface area contributed by atoms with E-state index in [2.05, 4.69) is 14.8 Å². The number of anilines is 2. The minimum absolute atomic E-state index is 0.0639. The number of hydrogen-bond donors (Lipinski definition) is 0. The van der Waals surface area contributed by atoms with E-state index < -0.39 is 0 Å². The van der Waals surface area contributed by atoms with Crippen LogP contribution >= 0.6 is 0 Å². The molecule has 2 aliphatic rings. The van der Waals surface area contributed by atoms with Crippen LogP contribution in [0.25, 0.3) is 0 Å². The number of piperazine rings is 1. The summed E-state index contributed by atoms with van der Waals surface area (Å²) in [5.41, 5.74) is 4.08. The maximum Gasteiger partial charge on any atom is 0.278 e. The van der Waals surface area contributed by atoms with Crippen molar-refractivity contribution in [3.63, 3.8) is 0 Å². The molecule has 1 fully saturated rings. The van der Waals surface area contributed by atoms with Crippen molar-refractivity contribution in [3.05, 3.63) is 90.2 Å². The highest BCUT2D eigenvalue weighted by Crippen LogP contribution is 2.31. The van der Waals surface area contributed by atoms with Gasteiger partial charge in [0.1, 0.15) is 11.5 Å². The standard InChI is InChI=1S/C25H23FN4O/c26-19-10-12-21(13-11-19)29-16-14-28(15-17-29)18-30-23-9-5-4-8-22(23)24(25(30)31)27-20-6-2-1-3-7-20/h1-13H,14-18H2. The average molecular weight is 414 g/mol. The van der Waals surface area contributed by atoms with Crippen molar-refractivity contribution in [1.29, 1.82) is 0 Å². The summed E-state index contributed by atoms with van der Waals surface area (Å²) in [6, 6.07) is 24.0. The lowest BCUT2D eigenvalue weighted by molar-refractivity contribution is -0.112. The van der Waals surface area contributed by atoms with Gasteiger partial charge in [-0.25, -0.2) is 9.38 Å². The molecule has 1 saturated heterocycles. The number of benzene rings is 3. The fraction of sp³-hybridized carbons (Fsp3) is 0.200. The third-order valence-electron chi connectivity index (χ3n) is 5.80. The van der Waals surface area contributed by atoms with Gasteiger partial charge in [-0.1, -0.05) is 36.4 Å². The third kappa shape index (κ3) is 3.94. The molecule has 156 valence electrons. The van der Waals surface area contributed by atoms with E-state index in [9.17, 15) is 9.18 Å². The highest BCUT2D eigenvalue weighted by Gasteiger charge is 2.35. The number of carbonyl (C=O) groups is 1. The molecule has 0 atom stereocenters. The Labute approximate surface area is 181 Å². The minimum Gasteiger partial charge on any atom is -0.369 e. The summed E-state index contributed by atoms with van der Waals surface area (Å²) in [5, 5.41) is 0. The summed E-state index contributed by atoms with van der Waals surface area (Å²) in [7, 11) is 0. The van der Waals surface area contributed by atoms with E-state index in [1.54, 1.807) is 0 Å². The zero-order valence-electron chi connectivity index (χ0n) is 17.1. The van der Waals surface area contributed by atoms with Gasteiger partial charge in [0.25, 0.3) is 5.91 Å². The highest BCUT2D eigenvalue weighted by atomic mass is 19.1. The predicted molar refractivity (Wildman–Crippen MR) is 122 cm³/mol. The van der Waals surface area contributed by atoms with Crippen LogP contribution in [0.2, 0.25) is 0 Å². The first-order valence-electron chi connectivity index (χ1n) is 10.5. The fourth-order valence-electron chi connectivity index (χ4n) is 4.14. The van der Waals surface area contributed by atoms with Gasteiger partial charge in [-0.05, 0) is 42.5 Å². The largest absolute Gasteiger partial charge is 0.369 e. The van der Waals surface area contributed by atoms with E-state index in [4.69, 9.17) is 0 Å². The van der Waals surface area contributed by atoms with E-state index in [0.29, 0.717) is 12.4 Å². The normalized spacial score (nSPS) is 18.0. The van der Waals surface area contributed by atoms with Crippen molar-refractivity contribution in [2.75, 3.05) is 42.6 Å². The first-order chi connectivity index (χ1) is 15.2. The van der Waals surface area contributed by atoms with E-state index >= 15 is 0 Å². The quantitative estimate of drug-likeness (QED) is 0.646. The lowest BCUT2D eigenvalue weighted by Crippen LogP contribution is -2.51. The average Bonchev–Trinajstić information content (AvgIpc) is 3.07. The van der Waals surface area contributed by atoms with Crippen LogP contribution in [0.4, 0.5) is 21.5 Å². The van der Waals surface area contributed by atoms with Crippen LogP contribution < -0.4 is 9.80 Å². The molecule has 3 aromatic rings.